The van der Waals surface area contributed by atoms with Crippen molar-refractivity contribution in [2.24, 2.45) is 0 Å². The Morgan fingerprint density at radius 1 is 0.415 bits per heavy atom. The lowest BCUT2D eigenvalue weighted by atomic mass is 9.90. The first kappa shape index (κ1) is 30.9. The molecule has 4 nitrogen and oxygen atoms in total. The molecule has 0 radical (unpaired) electrons. The van der Waals surface area contributed by atoms with Gasteiger partial charge in [-0.2, -0.15) is 0 Å². The third-order valence-corrected chi connectivity index (χ3v) is 10.3. The van der Waals surface area contributed by atoms with E-state index in [4.69, 9.17) is 19.4 Å². The molecule has 250 valence electrons. The Morgan fingerprint density at radius 3 is 1.75 bits per heavy atom. The third kappa shape index (κ3) is 5.53. The second-order valence-electron chi connectivity index (χ2n) is 13.4. The Kier molecular flexibility index (Phi) is 7.58. The van der Waals surface area contributed by atoms with Crippen LogP contribution in [0, 0.1) is 0 Å². The summed E-state index contributed by atoms with van der Waals surface area (Å²) in [7, 11) is 0. The molecule has 0 unspecified atom stereocenters. The van der Waals surface area contributed by atoms with Crippen LogP contribution in [0.15, 0.2) is 180 Å². The number of nitrogens with zero attached hydrogens (tertiary/aromatic N) is 3. The Morgan fingerprint density at radius 2 is 1.00 bits per heavy atom. The second kappa shape index (κ2) is 13.0. The van der Waals surface area contributed by atoms with Gasteiger partial charge in [-0.15, -0.1) is 0 Å². The monoisotopic (exact) mass is 679 g/mol. The number of furan rings is 1. The zero-order valence-electron chi connectivity index (χ0n) is 28.9. The summed E-state index contributed by atoms with van der Waals surface area (Å²) in [4.78, 5) is 15.9. The van der Waals surface area contributed by atoms with E-state index < -0.39 is 0 Å². The van der Waals surface area contributed by atoms with Gasteiger partial charge in [0, 0.05) is 27.5 Å². The van der Waals surface area contributed by atoms with Crippen molar-refractivity contribution in [2.45, 2.75) is 12.8 Å². The lowest BCUT2D eigenvalue weighted by Gasteiger charge is -2.16. The summed E-state index contributed by atoms with van der Waals surface area (Å²) in [6.45, 7) is 0. The molecule has 53 heavy (non-hydrogen) atoms. The van der Waals surface area contributed by atoms with Crippen LogP contribution in [0.2, 0.25) is 0 Å². The predicted octanol–water partition coefficient (Wildman–Crippen LogP) is 13.0. The molecule has 0 aliphatic heterocycles. The standard InChI is InChI=1S/C49H33N3O/c1-4-14-32(15-5-1)33-24-26-35(27-25-33)38-30-31-44-45(42-22-12-13-23-43(42)53-44)46(38)49-51-47(36-18-8-3-9-19-36)50-48(52-49)41-29-28-37(34-16-6-2-7-17-34)39-20-10-11-21-40(39)41/h1-6,8-16,18-31H,7,17H2. The normalized spacial score (nSPS) is 12.8. The van der Waals surface area contributed by atoms with Crippen molar-refractivity contribution in [3.63, 3.8) is 0 Å². The average Bonchev–Trinajstić information content (AvgIpc) is 3.63. The van der Waals surface area contributed by atoms with Crippen molar-refractivity contribution in [3.05, 3.63) is 182 Å². The molecule has 0 N–H and O–H groups in total. The smallest absolute Gasteiger partial charge is 0.165 e. The van der Waals surface area contributed by atoms with Crippen LogP contribution in [0.4, 0.5) is 0 Å². The Hall–Kier alpha value is -6.91. The quantitative estimate of drug-likeness (QED) is 0.175. The third-order valence-electron chi connectivity index (χ3n) is 10.3. The minimum Gasteiger partial charge on any atom is -0.456 e. The number of para-hydroxylation sites is 1. The van der Waals surface area contributed by atoms with Crippen LogP contribution >= 0.6 is 0 Å². The van der Waals surface area contributed by atoms with Crippen LogP contribution in [-0.2, 0) is 0 Å². The predicted molar refractivity (Wildman–Crippen MR) is 218 cm³/mol. The van der Waals surface area contributed by atoms with Crippen molar-refractivity contribution in [1.29, 1.82) is 0 Å². The molecule has 9 aromatic rings. The molecular weight excluding hydrogens is 647 g/mol. The average molecular weight is 680 g/mol. The summed E-state index contributed by atoms with van der Waals surface area (Å²) in [5.74, 6) is 1.85. The van der Waals surface area contributed by atoms with E-state index in [-0.39, 0.29) is 0 Å². The van der Waals surface area contributed by atoms with Gasteiger partial charge in [-0.25, -0.2) is 15.0 Å². The SMILES string of the molecule is C1=CCCC(c2ccc(-c3nc(-c4ccccc4)nc(-c4c(-c5ccc(-c6ccccc6)cc5)ccc5oc6ccccc6c45)n3)c3ccccc23)=C1. The van der Waals surface area contributed by atoms with Crippen LogP contribution in [0.3, 0.4) is 0 Å². The van der Waals surface area contributed by atoms with E-state index in [1.54, 1.807) is 0 Å². The maximum atomic E-state index is 6.46. The van der Waals surface area contributed by atoms with E-state index in [1.165, 1.54) is 22.1 Å². The van der Waals surface area contributed by atoms with E-state index >= 15 is 0 Å². The fourth-order valence-corrected chi connectivity index (χ4v) is 7.69. The van der Waals surface area contributed by atoms with Gasteiger partial charge in [0.25, 0.3) is 0 Å². The molecule has 4 heteroatoms. The molecule has 2 aromatic heterocycles. The molecule has 0 saturated heterocycles. The molecule has 0 fully saturated rings. The molecule has 0 spiro atoms. The molecular formula is C49H33N3O. The number of fused-ring (bicyclic) bond motifs is 4. The van der Waals surface area contributed by atoms with Gasteiger partial charge in [-0.3, -0.25) is 0 Å². The van der Waals surface area contributed by atoms with Gasteiger partial charge in [0.2, 0.25) is 0 Å². The Balaban J connectivity index is 1.24. The highest BCUT2D eigenvalue weighted by Crippen LogP contribution is 2.43. The van der Waals surface area contributed by atoms with Gasteiger partial charge in [0.1, 0.15) is 11.2 Å². The molecule has 0 atom stereocenters. The zero-order valence-corrected chi connectivity index (χ0v) is 28.9. The van der Waals surface area contributed by atoms with Gasteiger partial charge in [0.05, 0.1) is 0 Å². The van der Waals surface area contributed by atoms with E-state index in [1.807, 2.05) is 36.4 Å². The lowest BCUT2D eigenvalue weighted by Crippen LogP contribution is -2.02. The number of allylic oxidation sites excluding steroid dienone is 4. The fourth-order valence-electron chi connectivity index (χ4n) is 7.69. The summed E-state index contributed by atoms with van der Waals surface area (Å²) in [5, 5.41) is 4.31. The Labute approximate surface area is 307 Å². The molecule has 10 rings (SSSR count). The molecule has 0 saturated carbocycles. The minimum absolute atomic E-state index is 0.599. The van der Waals surface area contributed by atoms with Gasteiger partial charge >= 0.3 is 0 Å². The first-order valence-electron chi connectivity index (χ1n) is 18.1. The maximum absolute atomic E-state index is 6.46. The summed E-state index contributed by atoms with van der Waals surface area (Å²) in [6.07, 6.45) is 8.70. The van der Waals surface area contributed by atoms with Gasteiger partial charge in [-0.05, 0) is 81.3 Å². The maximum Gasteiger partial charge on any atom is 0.165 e. The molecule has 1 aliphatic rings. The second-order valence-corrected chi connectivity index (χ2v) is 13.4. The first-order valence-corrected chi connectivity index (χ1v) is 18.1. The highest BCUT2D eigenvalue weighted by molar-refractivity contribution is 6.15. The number of hydrogen-bond acceptors (Lipinski definition) is 4. The number of rotatable bonds is 6. The highest BCUT2D eigenvalue weighted by atomic mass is 16.3. The summed E-state index contributed by atoms with van der Waals surface area (Å²) < 4.78 is 6.46. The molecule has 7 aromatic carbocycles. The van der Waals surface area contributed by atoms with E-state index in [0.29, 0.717) is 17.5 Å². The largest absolute Gasteiger partial charge is 0.456 e. The zero-order chi connectivity index (χ0) is 35.1. The summed E-state index contributed by atoms with van der Waals surface area (Å²) in [6, 6.07) is 54.9. The number of hydrogen-bond donors (Lipinski definition) is 0. The van der Waals surface area contributed by atoms with Crippen LogP contribution in [0.25, 0.3) is 94.7 Å². The van der Waals surface area contributed by atoms with Crippen LogP contribution < -0.4 is 0 Å². The van der Waals surface area contributed by atoms with E-state index in [9.17, 15) is 0 Å². The van der Waals surface area contributed by atoms with Gasteiger partial charge in [-0.1, -0.05) is 152 Å². The van der Waals surface area contributed by atoms with Crippen molar-refractivity contribution in [3.8, 4) is 56.4 Å². The van der Waals surface area contributed by atoms with E-state index in [0.717, 1.165) is 73.5 Å². The highest BCUT2D eigenvalue weighted by Gasteiger charge is 2.23. The van der Waals surface area contributed by atoms with Crippen LogP contribution in [0.1, 0.15) is 18.4 Å². The molecule has 0 bridgehead atoms. The van der Waals surface area contributed by atoms with Crippen LogP contribution in [0.5, 0.6) is 0 Å². The first-order chi connectivity index (χ1) is 26.3. The van der Waals surface area contributed by atoms with Crippen molar-refractivity contribution in [1.82, 2.24) is 15.0 Å². The summed E-state index contributed by atoms with van der Waals surface area (Å²) in [5.41, 5.74) is 11.5. The molecule has 2 heterocycles. The van der Waals surface area contributed by atoms with Gasteiger partial charge in [0.15, 0.2) is 17.5 Å². The van der Waals surface area contributed by atoms with Crippen molar-refractivity contribution >= 4 is 38.3 Å². The van der Waals surface area contributed by atoms with Gasteiger partial charge < -0.3 is 4.42 Å². The van der Waals surface area contributed by atoms with Crippen molar-refractivity contribution in [2.75, 3.05) is 0 Å². The van der Waals surface area contributed by atoms with Crippen molar-refractivity contribution < 1.29 is 4.42 Å². The number of benzene rings is 7. The topological polar surface area (TPSA) is 51.8 Å². The minimum atomic E-state index is 0.599. The van der Waals surface area contributed by atoms with Crippen LogP contribution in [-0.4, -0.2) is 15.0 Å². The molecule has 0 amide bonds. The number of aromatic nitrogens is 3. The van der Waals surface area contributed by atoms with E-state index in [2.05, 4.69) is 140 Å². The summed E-state index contributed by atoms with van der Waals surface area (Å²) >= 11 is 0. The lowest BCUT2D eigenvalue weighted by molar-refractivity contribution is 0.669. The molecule has 1 aliphatic carbocycles. The fraction of sp³-hybridized carbons (Fsp3) is 0.0408. The Bertz CT molecular complexity index is 2870.